The minimum Gasteiger partial charge on any atom is -0.492 e. The summed E-state index contributed by atoms with van der Waals surface area (Å²) < 4.78 is 6.69. The van der Waals surface area contributed by atoms with Crippen molar-refractivity contribution in [3.05, 3.63) is 28.7 Å². The summed E-state index contributed by atoms with van der Waals surface area (Å²) in [4.78, 5) is 0. The Bertz CT molecular complexity index is 373. The van der Waals surface area contributed by atoms with Crippen molar-refractivity contribution < 1.29 is 9.84 Å². The summed E-state index contributed by atoms with van der Waals surface area (Å²) in [5.74, 6) is 1.31. The standard InChI is InChI=1S/C14H20BrNO2/c15-12-4-2-5-13(9-12)18-8-7-16-14-6-1-3-11(14)10-17/h2,4-5,9,11,14,16-17H,1,3,6-8,10H2. The average molecular weight is 314 g/mol. The first-order chi connectivity index (χ1) is 8.79. The van der Waals surface area contributed by atoms with Crippen molar-refractivity contribution in [2.24, 2.45) is 5.92 Å². The Balaban J connectivity index is 1.67. The Morgan fingerprint density at radius 3 is 3.06 bits per heavy atom. The van der Waals surface area contributed by atoms with Gasteiger partial charge in [-0.1, -0.05) is 28.4 Å². The Hall–Kier alpha value is -0.580. The third kappa shape index (κ3) is 3.97. The summed E-state index contributed by atoms with van der Waals surface area (Å²) in [6, 6.07) is 8.32. The lowest BCUT2D eigenvalue weighted by atomic mass is 10.1. The highest BCUT2D eigenvalue weighted by Gasteiger charge is 2.25. The third-order valence-corrected chi connectivity index (χ3v) is 3.96. The molecule has 1 aromatic rings. The monoisotopic (exact) mass is 313 g/mol. The second-order valence-electron chi connectivity index (χ2n) is 4.74. The summed E-state index contributed by atoms with van der Waals surface area (Å²) >= 11 is 3.42. The molecule has 18 heavy (non-hydrogen) atoms. The van der Waals surface area contributed by atoms with Gasteiger partial charge < -0.3 is 15.2 Å². The maximum absolute atomic E-state index is 9.23. The number of hydrogen-bond acceptors (Lipinski definition) is 3. The highest BCUT2D eigenvalue weighted by molar-refractivity contribution is 9.10. The summed E-state index contributed by atoms with van der Waals surface area (Å²) in [6.07, 6.45) is 3.53. The molecule has 0 bridgehead atoms. The topological polar surface area (TPSA) is 41.5 Å². The molecule has 2 rings (SSSR count). The van der Waals surface area contributed by atoms with Gasteiger partial charge in [0.15, 0.2) is 0 Å². The predicted molar refractivity (Wildman–Crippen MR) is 75.9 cm³/mol. The average Bonchev–Trinajstić information content (AvgIpc) is 2.82. The van der Waals surface area contributed by atoms with E-state index in [1.165, 1.54) is 12.8 Å². The first-order valence-corrected chi connectivity index (χ1v) is 7.31. The zero-order valence-corrected chi connectivity index (χ0v) is 12.0. The van der Waals surface area contributed by atoms with Gasteiger partial charge in [-0.25, -0.2) is 0 Å². The van der Waals surface area contributed by atoms with Gasteiger partial charge in [0.1, 0.15) is 12.4 Å². The molecule has 0 heterocycles. The van der Waals surface area contributed by atoms with E-state index in [-0.39, 0.29) is 0 Å². The number of rotatable bonds is 6. The molecule has 0 spiro atoms. The number of halogens is 1. The molecule has 2 unspecified atom stereocenters. The molecule has 0 radical (unpaired) electrons. The molecular weight excluding hydrogens is 294 g/mol. The van der Waals surface area contributed by atoms with Crippen molar-refractivity contribution in [3.63, 3.8) is 0 Å². The van der Waals surface area contributed by atoms with Crippen molar-refractivity contribution in [2.45, 2.75) is 25.3 Å². The minimum absolute atomic E-state index is 0.296. The molecule has 1 aliphatic carbocycles. The summed E-state index contributed by atoms with van der Waals surface area (Å²) in [5.41, 5.74) is 0. The van der Waals surface area contributed by atoms with Gasteiger partial charge in [0, 0.05) is 23.7 Å². The zero-order valence-electron chi connectivity index (χ0n) is 10.4. The highest BCUT2D eigenvalue weighted by Crippen LogP contribution is 2.24. The summed E-state index contributed by atoms with van der Waals surface area (Å²) in [6.45, 7) is 1.78. The Labute approximate surface area is 117 Å². The first kappa shape index (κ1) is 13.8. The Morgan fingerprint density at radius 1 is 1.39 bits per heavy atom. The van der Waals surface area contributed by atoms with E-state index in [4.69, 9.17) is 4.74 Å². The lowest BCUT2D eigenvalue weighted by molar-refractivity contribution is 0.201. The molecule has 1 fully saturated rings. The molecule has 0 aliphatic heterocycles. The lowest BCUT2D eigenvalue weighted by Crippen LogP contribution is -2.36. The van der Waals surface area contributed by atoms with Gasteiger partial charge >= 0.3 is 0 Å². The van der Waals surface area contributed by atoms with Crippen molar-refractivity contribution in [1.29, 1.82) is 0 Å². The second-order valence-corrected chi connectivity index (χ2v) is 5.66. The van der Waals surface area contributed by atoms with Crippen LogP contribution in [0.2, 0.25) is 0 Å². The van der Waals surface area contributed by atoms with Crippen LogP contribution in [0.25, 0.3) is 0 Å². The number of nitrogens with one attached hydrogen (secondary N) is 1. The summed E-state index contributed by atoms with van der Waals surface area (Å²) in [7, 11) is 0. The van der Waals surface area contributed by atoms with Gasteiger partial charge in [-0.05, 0) is 37.0 Å². The number of hydrogen-bond donors (Lipinski definition) is 2. The fourth-order valence-electron chi connectivity index (χ4n) is 2.49. The van der Waals surface area contributed by atoms with Crippen LogP contribution in [0, 0.1) is 5.92 Å². The van der Waals surface area contributed by atoms with E-state index in [1.54, 1.807) is 0 Å². The van der Waals surface area contributed by atoms with Crippen LogP contribution in [-0.4, -0.2) is 30.9 Å². The third-order valence-electron chi connectivity index (χ3n) is 3.47. The van der Waals surface area contributed by atoms with Crippen molar-refractivity contribution in [2.75, 3.05) is 19.8 Å². The molecular formula is C14H20BrNO2. The largest absolute Gasteiger partial charge is 0.492 e. The number of aliphatic hydroxyl groups is 1. The van der Waals surface area contributed by atoms with E-state index in [0.717, 1.165) is 23.2 Å². The molecule has 1 saturated carbocycles. The van der Waals surface area contributed by atoms with E-state index in [0.29, 0.717) is 25.2 Å². The zero-order chi connectivity index (χ0) is 12.8. The Kier molecular flexibility index (Phi) is 5.47. The highest BCUT2D eigenvalue weighted by atomic mass is 79.9. The van der Waals surface area contributed by atoms with Gasteiger partial charge in [0.25, 0.3) is 0 Å². The molecule has 0 aromatic heterocycles. The minimum atomic E-state index is 0.296. The van der Waals surface area contributed by atoms with Crippen LogP contribution < -0.4 is 10.1 Å². The van der Waals surface area contributed by atoms with E-state index in [2.05, 4.69) is 21.2 Å². The van der Waals surface area contributed by atoms with Gasteiger partial charge in [-0.3, -0.25) is 0 Å². The second kappa shape index (κ2) is 7.12. The van der Waals surface area contributed by atoms with Crippen LogP contribution in [0.15, 0.2) is 28.7 Å². The molecule has 100 valence electrons. The van der Waals surface area contributed by atoms with Crippen LogP contribution in [0.3, 0.4) is 0 Å². The number of aliphatic hydroxyl groups excluding tert-OH is 1. The fraction of sp³-hybridized carbons (Fsp3) is 0.571. The molecule has 2 atom stereocenters. The van der Waals surface area contributed by atoms with E-state index >= 15 is 0 Å². The molecule has 4 heteroatoms. The maximum atomic E-state index is 9.23. The van der Waals surface area contributed by atoms with Crippen LogP contribution >= 0.6 is 15.9 Å². The predicted octanol–water partition coefficient (Wildman–Crippen LogP) is 2.58. The van der Waals surface area contributed by atoms with Gasteiger partial charge in [0.05, 0.1) is 0 Å². The molecule has 2 N–H and O–H groups in total. The van der Waals surface area contributed by atoms with E-state index < -0.39 is 0 Å². The van der Waals surface area contributed by atoms with E-state index in [9.17, 15) is 5.11 Å². The fourth-order valence-corrected chi connectivity index (χ4v) is 2.87. The first-order valence-electron chi connectivity index (χ1n) is 6.52. The van der Waals surface area contributed by atoms with Crippen LogP contribution in [0.1, 0.15) is 19.3 Å². The van der Waals surface area contributed by atoms with Crippen LogP contribution in [0.4, 0.5) is 0 Å². The van der Waals surface area contributed by atoms with Crippen molar-refractivity contribution >= 4 is 15.9 Å². The van der Waals surface area contributed by atoms with Crippen molar-refractivity contribution in [1.82, 2.24) is 5.32 Å². The lowest BCUT2D eigenvalue weighted by Gasteiger charge is -2.19. The van der Waals surface area contributed by atoms with Crippen LogP contribution in [0.5, 0.6) is 5.75 Å². The van der Waals surface area contributed by atoms with E-state index in [1.807, 2.05) is 24.3 Å². The molecule has 3 nitrogen and oxygen atoms in total. The maximum Gasteiger partial charge on any atom is 0.120 e. The van der Waals surface area contributed by atoms with Crippen molar-refractivity contribution in [3.8, 4) is 5.75 Å². The normalized spacial score (nSPS) is 23.2. The molecule has 1 aliphatic rings. The number of ether oxygens (including phenoxy) is 1. The van der Waals surface area contributed by atoms with Crippen LogP contribution in [-0.2, 0) is 0 Å². The van der Waals surface area contributed by atoms with Gasteiger partial charge in [0.2, 0.25) is 0 Å². The molecule has 1 aromatic carbocycles. The summed E-state index contributed by atoms with van der Waals surface area (Å²) in [5, 5.41) is 12.7. The SMILES string of the molecule is OCC1CCCC1NCCOc1cccc(Br)c1. The number of benzene rings is 1. The quantitative estimate of drug-likeness (QED) is 0.793. The molecule has 0 saturated heterocycles. The van der Waals surface area contributed by atoms with Gasteiger partial charge in [-0.2, -0.15) is 0 Å². The smallest absolute Gasteiger partial charge is 0.120 e. The molecule has 0 amide bonds. The van der Waals surface area contributed by atoms with Gasteiger partial charge in [-0.15, -0.1) is 0 Å². The Morgan fingerprint density at radius 2 is 2.28 bits per heavy atom.